The van der Waals surface area contributed by atoms with E-state index in [0.717, 1.165) is 5.56 Å². The molecule has 20 heavy (non-hydrogen) atoms. The van der Waals surface area contributed by atoms with Gasteiger partial charge in [0, 0.05) is 10.7 Å². The van der Waals surface area contributed by atoms with Crippen molar-refractivity contribution in [1.82, 2.24) is 5.32 Å². The number of hydrogen-bond acceptors (Lipinski definition) is 2. The van der Waals surface area contributed by atoms with Crippen LogP contribution in [0.1, 0.15) is 28.9 Å². The predicted molar refractivity (Wildman–Crippen MR) is 83.2 cm³/mol. The topological polar surface area (TPSA) is 55.1 Å². The quantitative estimate of drug-likeness (QED) is 0.840. The highest BCUT2D eigenvalue weighted by Gasteiger charge is 2.16. The summed E-state index contributed by atoms with van der Waals surface area (Å²) >= 11 is 12.0. The van der Waals surface area contributed by atoms with Crippen LogP contribution in [0, 0.1) is 0 Å². The number of halogens is 2. The number of amides is 1. The van der Waals surface area contributed by atoms with E-state index in [0.29, 0.717) is 21.3 Å². The number of hydrogen-bond donors (Lipinski definition) is 2. The summed E-state index contributed by atoms with van der Waals surface area (Å²) in [5.41, 5.74) is 7.36. The molecule has 104 valence electrons. The Hall–Kier alpha value is -1.71. The van der Waals surface area contributed by atoms with Crippen molar-refractivity contribution in [3.63, 3.8) is 0 Å². The number of carbonyl (C=O) groups is 1. The zero-order chi connectivity index (χ0) is 14.7. The second-order valence-corrected chi connectivity index (χ2v) is 5.30. The molecule has 0 saturated carbocycles. The fraction of sp³-hybridized carbons (Fsp3) is 0.133. The highest BCUT2D eigenvalue weighted by molar-refractivity contribution is 6.34. The highest BCUT2D eigenvalue weighted by Crippen LogP contribution is 2.23. The number of carbonyl (C=O) groups excluding carboxylic acids is 1. The summed E-state index contributed by atoms with van der Waals surface area (Å²) in [5.74, 6) is -0.305. The van der Waals surface area contributed by atoms with Gasteiger partial charge < -0.3 is 11.1 Å². The number of rotatable bonds is 3. The number of nitrogens with one attached hydrogen (secondary N) is 1. The Kier molecular flexibility index (Phi) is 4.53. The van der Waals surface area contributed by atoms with Crippen LogP contribution in [0.3, 0.4) is 0 Å². The molecule has 1 amide bonds. The maximum Gasteiger partial charge on any atom is 0.255 e. The summed E-state index contributed by atoms with van der Waals surface area (Å²) in [5, 5.41) is 3.82. The molecule has 0 aliphatic rings. The summed E-state index contributed by atoms with van der Waals surface area (Å²) in [6, 6.07) is 12.1. The first-order valence-electron chi connectivity index (χ1n) is 6.09. The third-order valence-corrected chi connectivity index (χ3v) is 3.52. The summed E-state index contributed by atoms with van der Waals surface area (Å²) < 4.78 is 0. The molecule has 1 unspecified atom stereocenters. The van der Waals surface area contributed by atoms with Crippen LogP contribution in [-0.4, -0.2) is 5.91 Å². The van der Waals surface area contributed by atoms with Crippen molar-refractivity contribution < 1.29 is 4.79 Å². The van der Waals surface area contributed by atoms with Crippen LogP contribution in [0.4, 0.5) is 5.69 Å². The normalized spacial score (nSPS) is 11.9. The summed E-state index contributed by atoms with van der Waals surface area (Å²) in [4.78, 5) is 12.2. The number of anilines is 1. The minimum absolute atomic E-state index is 0.197. The van der Waals surface area contributed by atoms with Crippen LogP contribution < -0.4 is 11.1 Å². The van der Waals surface area contributed by atoms with Crippen molar-refractivity contribution in [3.8, 4) is 0 Å². The molecule has 0 aliphatic carbocycles. The Balaban J connectivity index is 2.20. The Labute approximate surface area is 127 Å². The van der Waals surface area contributed by atoms with Gasteiger partial charge in [-0.15, -0.1) is 0 Å². The monoisotopic (exact) mass is 308 g/mol. The third-order valence-electron chi connectivity index (χ3n) is 2.97. The van der Waals surface area contributed by atoms with Crippen LogP contribution >= 0.6 is 23.2 Å². The van der Waals surface area contributed by atoms with E-state index in [1.54, 1.807) is 24.3 Å². The van der Waals surface area contributed by atoms with E-state index in [1.807, 2.05) is 25.1 Å². The van der Waals surface area contributed by atoms with Gasteiger partial charge in [-0.1, -0.05) is 41.4 Å². The van der Waals surface area contributed by atoms with Gasteiger partial charge in [0.25, 0.3) is 5.91 Å². The molecule has 3 nitrogen and oxygen atoms in total. The van der Waals surface area contributed by atoms with Crippen LogP contribution in [0.15, 0.2) is 42.5 Å². The average Bonchev–Trinajstić information content (AvgIpc) is 2.38. The van der Waals surface area contributed by atoms with E-state index >= 15 is 0 Å². The fourth-order valence-electron chi connectivity index (χ4n) is 1.91. The lowest BCUT2D eigenvalue weighted by Crippen LogP contribution is -2.27. The molecule has 2 aromatic rings. The predicted octanol–water partition coefficient (Wildman–Crippen LogP) is 4.07. The van der Waals surface area contributed by atoms with E-state index in [2.05, 4.69) is 5.32 Å². The molecule has 0 bridgehead atoms. The molecule has 0 spiro atoms. The average molecular weight is 309 g/mol. The first-order chi connectivity index (χ1) is 9.49. The maximum absolute atomic E-state index is 12.2. The molecular formula is C15H14Cl2N2O. The zero-order valence-electron chi connectivity index (χ0n) is 10.9. The van der Waals surface area contributed by atoms with Gasteiger partial charge in [0.2, 0.25) is 0 Å². The van der Waals surface area contributed by atoms with Gasteiger partial charge in [0.1, 0.15) is 0 Å². The highest BCUT2D eigenvalue weighted by atomic mass is 35.5. The van der Waals surface area contributed by atoms with Crippen LogP contribution in [-0.2, 0) is 0 Å². The first kappa shape index (κ1) is 14.7. The third kappa shape index (κ3) is 3.24. The number of benzene rings is 2. The van der Waals surface area contributed by atoms with Gasteiger partial charge in [0.05, 0.1) is 16.6 Å². The van der Waals surface area contributed by atoms with E-state index in [4.69, 9.17) is 28.9 Å². The van der Waals surface area contributed by atoms with Crippen LogP contribution in [0.5, 0.6) is 0 Å². The molecule has 0 aliphatic heterocycles. The first-order valence-corrected chi connectivity index (χ1v) is 6.85. The summed E-state index contributed by atoms with van der Waals surface area (Å²) in [6.45, 7) is 1.87. The molecule has 3 N–H and O–H groups in total. The van der Waals surface area contributed by atoms with Crippen LogP contribution in [0.25, 0.3) is 0 Å². The Bertz CT molecular complexity index is 623. The van der Waals surface area contributed by atoms with Gasteiger partial charge in [-0.2, -0.15) is 0 Å². The smallest absolute Gasteiger partial charge is 0.255 e. The lowest BCUT2D eigenvalue weighted by Gasteiger charge is -2.16. The SMILES string of the molecule is CC(NC(=O)c1c(N)cccc1Cl)c1cccc(Cl)c1. The van der Waals surface area contributed by atoms with Crippen molar-refractivity contribution in [1.29, 1.82) is 0 Å². The van der Waals surface area contributed by atoms with Crippen molar-refractivity contribution in [3.05, 3.63) is 63.6 Å². The number of nitrogen functional groups attached to an aromatic ring is 1. The molecule has 1 atom stereocenters. The Morgan fingerprint density at radius 3 is 2.55 bits per heavy atom. The largest absolute Gasteiger partial charge is 0.398 e. The van der Waals surface area contributed by atoms with E-state index in [-0.39, 0.29) is 11.9 Å². The Morgan fingerprint density at radius 1 is 1.20 bits per heavy atom. The minimum atomic E-state index is -0.305. The molecule has 0 saturated heterocycles. The van der Waals surface area contributed by atoms with Crippen molar-refractivity contribution >= 4 is 34.8 Å². The molecule has 0 fully saturated rings. The Morgan fingerprint density at radius 2 is 1.90 bits per heavy atom. The lowest BCUT2D eigenvalue weighted by atomic mass is 10.1. The second-order valence-electron chi connectivity index (χ2n) is 4.45. The maximum atomic E-state index is 12.2. The van der Waals surface area contributed by atoms with Gasteiger partial charge in [0.15, 0.2) is 0 Å². The summed E-state index contributed by atoms with van der Waals surface area (Å²) in [6.07, 6.45) is 0. The standard InChI is InChI=1S/C15H14Cl2N2O/c1-9(10-4-2-5-11(16)8-10)19-15(20)14-12(17)6-3-7-13(14)18/h2-9H,18H2,1H3,(H,19,20). The minimum Gasteiger partial charge on any atom is -0.398 e. The lowest BCUT2D eigenvalue weighted by molar-refractivity contribution is 0.0941. The molecular weight excluding hydrogens is 295 g/mol. The number of nitrogens with two attached hydrogens (primary N) is 1. The van der Waals surface area contributed by atoms with Gasteiger partial charge in [-0.05, 0) is 36.8 Å². The van der Waals surface area contributed by atoms with Gasteiger partial charge in [-0.25, -0.2) is 0 Å². The molecule has 2 rings (SSSR count). The second kappa shape index (κ2) is 6.16. The van der Waals surface area contributed by atoms with Crippen molar-refractivity contribution in [2.75, 3.05) is 5.73 Å². The van der Waals surface area contributed by atoms with Gasteiger partial charge in [-0.3, -0.25) is 4.79 Å². The molecule has 0 aromatic heterocycles. The molecule has 2 aromatic carbocycles. The molecule has 5 heteroatoms. The molecule has 0 heterocycles. The van der Waals surface area contributed by atoms with E-state index in [9.17, 15) is 4.79 Å². The van der Waals surface area contributed by atoms with E-state index in [1.165, 1.54) is 0 Å². The van der Waals surface area contributed by atoms with Crippen LogP contribution in [0.2, 0.25) is 10.0 Å². The van der Waals surface area contributed by atoms with Crippen molar-refractivity contribution in [2.45, 2.75) is 13.0 Å². The van der Waals surface area contributed by atoms with Gasteiger partial charge >= 0.3 is 0 Å². The zero-order valence-corrected chi connectivity index (χ0v) is 12.4. The fourth-order valence-corrected chi connectivity index (χ4v) is 2.37. The van der Waals surface area contributed by atoms with Crippen molar-refractivity contribution in [2.24, 2.45) is 0 Å². The summed E-state index contributed by atoms with van der Waals surface area (Å²) in [7, 11) is 0. The van der Waals surface area contributed by atoms with E-state index < -0.39 is 0 Å². The molecule has 0 radical (unpaired) electrons.